The van der Waals surface area contributed by atoms with E-state index in [1.165, 1.54) is 17.8 Å². The standard InChI is InChI=1S/C22H23F2N5S/c1-15-13-20(28(2)26-15)29-22(11-6-12-25,16-7-4-3-5-8-16)30-21(27-29)18-14-17(23)9-10-19(18)24/h3-5,7-10,13-14H,6,11-12,25H2,1-2H3. The Kier molecular flexibility index (Phi) is 5.62. The number of anilines is 1. The lowest BCUT2D eigenvalue weighted by Gasteiger charge is -2.37. The van der Waals surface area contributed by atoms with E-state index in [1.807, 2.05) is 55.4 Å². The van der Waals surface area contributed by atoms with E-state index in [2.05, 4.69) is 5.10 Å². The van der Waals surface area contributed by atoms with Crippen LogP contribution >= 0.6 is 11.8 Å². The van der Waals surface area contributed by atoms with Crippen molar-refractivity contribution in [2.24, 2.45) is 17.9 Å². The van der Waals surface area contributed by atoms with Gasteiger partial charge in [0, 0.05) is 18.7 Å². The third-order valence-electron chi connectivity index (χ3n) is 5.10. The zero-order valence-corrected chi connectivity index (χ0v) is 17.7. The van der Waals surface area contributed by atoms with Gasteiger partial charge in [0.25, 0.3) is 0 Å². The van der Waals surface area contributed by atoms with E-state index in [9.17, 15) is 8.78 Å². The number of thioether (sulfide) groups is 1. The summed E-state index contributed by atoms with van der Waals surface area (Å²) in [5.41, 5.74) is 7.86. The Morgan fingerprint density at radius 2 is 1.87 bits per heavy atom. The first-order valence-corrected chi connectivity index (χ1v) is 10.6. The zero-order valence-electron chi connectivity index (χ0n) is 16.8. The van der Waals surface area contributed by atoms with Crippen molar-refractivity contribution in [2.45, 2.75) is 24.6 Å². The van der Waals surface area contributed by atoms with Crippen molar-refractivity contribution in [1.82, 2.24) is 9.78 Å². The second-order valence-electron chi connectivity index (χ2n) is 7.25. The van der Waals surface area contributed by atoms with Crippen LogP contribution < -0.4 is 10.7 Å². The van der Waals surface area contributed by atoms with Gasteiger partial charge in [0.15, 0.2) is 0 Å². The molecule has 0 saturated carbocycles. The van der Waals surface area contributed by atoms with Crippen LogP contribution in [-0.2, 0) is 11.9 Å². The van der Waals surface area contributed by atoms with Gasteiger partial charge in [-0.15, -0.1) is 0 Å². The Morgan fingerprint density at radius 1 is 1.10 bits per heavy atom. The molecule has 1 aliphatic heterocycles. The highest BCUT2D eigenvalue weighted by Crippen LogP contribution is 2.52. The number of benzene rings is 2. The van der Waals surface area contributed by atoms with Crippen molar-refractivity contribution >= 4 is 22.6 Å². The van der Waals surface area contributed by atoms with Crippen molar-refractivity contribution in [3.63, 3.8) is 0 Å². The molecule has 156 valence electrons. The van der Waals surface area contributed by atoms with Gasteiger partial charge < -0.3 is 5.73 Å². The fourth-order valence-corrected chi connectivity index (χ4v) is 5.15. The van der Waals surface area contributed by atoms with E-state index in [4.69, 9.17) is 10.8 Å². The molecule has 1 unspecified atom stereocenters. The van der Waals surface area contributed by atoms with Crippen LogP contribution in [0.1, 0.15) is 29.7 Å². The summed E-state index contributed by atoms with van der Waals surface area (Å²) in [7, 11) is 1.85. The summed E-state index contributed by atoms with van der Waals surface area (Å²) >= 11 is 1.42. The van der Waals surface area contributed by atoms with Crippen LogP contribution in [0.4, 0.5) is 14.6 Å². The predicted molar refractivity (Wildman–Crippen MR) is 117 cm³/mol. The van der Waals surface area contributed by atoms with Crippen molar-refractivity contribution in [3.05, 3.63) is 83.1 Å². The summed E-state index contributed by atoms with van der Waals surface area (Å²) in [4.78, 5) is -0.658. The highest BCUT2D eigenvalue weighted by atomic mass is 32.2. The van der Waals surface area contributed by atoms with Crippen LogP contribution in [0.5, 0.6) is 0 Å². The highest BCUT2D eigenvalue weighted by Gasteiger charge is 2.47. The molecule has 0 radical (unpaired) electrons. The molecular formula is C22H23F2N5S. The summed E-state index contributed by atoms with van der Waals surface area (Å²) in [5, 5.41) is 11.6. The Balaban J connectivity index is 1.91. The van der Waals surface area contributed by atoms with Gasteiger partial charge in [0.1, 0.15) is 27.4 Å². The number of halogens is 2. The predicted octanol–water partition coefficient (Wildman–Crippen LogP) is 4.51. The van der Waals surface area contributed by atoms with Gasteiger partial charge in [-0.3, -0.25) is 4.68 Å². The smallest absolute Gasteiger partial charge is 0.149 e. The average Bonchev–Trinajstić information content (AvgIpc) is 3.28. The summed E-state index contributed by atoms with van der Waals surface area (Å²) in [6, 6.07) is 15.3. The van der Waals surface area contributed by atoms with Gasteiger partial charge >= 0.3 is 0 Å². The Bertz CT molecular complexity index is 1080. The molecule has 0 saturated heterocycles. The molecular weight excluding hydrogens is 404 g/mol. The molecule has 5 nitrogen and oxygen atoms in total. The first-order valence-electron chi connectivity index (χ1n) is 9.74. The Morgan fingerprint density at radius 3 is 2.53 bits per heavy atom. The third kappa shape index (κ3) is 3.61. The van der Waals surface area contributed by atoms with E-state index in [0.29, 0.717) is 18.0 Å². The molecule has 1 aromatic heterocycles. The molecule has 8 heteroatoms. The van der Waals surface area contributed by atoms with Crippen molar-refractivity contribution in [2.75, 3.05) is 11.6 Å². The number of aryl methyl sites for hydroxylation is 2. The molecule has 1 atom stereocenters. The maximum atomic E-state index is 14.6. The van der Waals surface area contributed by atoms with E-state index in [1.54, 1.807) is 4.68 Å². The van der Waals surface area contributed by atoms with Gasteiger partial charge in [-0.25, -0.2) is 13.8 Å². The van der Waals surface area contributed by atoms with E-state index < -0.39 is 16.5 Å². The van der Waals surface area contributed by atoms with Gasteiger partial charge in [-0.2, -0.15) is 10.2 Å². The molecule has 0 bridgehead atoms. The topological polar surface area (TPSA) is 59.4 Å². The van der Waals surface area contributed by atoms with Crippen LogP contribution in [0, 0.1) is 18.6 Å². The quantitative estimate of drug-likeness (QED) is 0.629. The lowest BCUT2D eigenvalue weighted by Crippen LogP contribution is -2.39. The number of hydrazone groups is 1. The first kappa shape index (κ1) is 20.6. The summed E-state index contributed by atoms with van der Waals surface area (Å²) < 4.78 is 30.3. The summed E-state index contributed by atoms with van der Waals surface area (Å²) in [6.07, 6.45) is 1.41. The van der Waals surface area contributed by atoms with Gasteiger partial charge in [0.05, 0.1) is 5.69 Å². The van der Waals surface area contributed by atoms with E-state index in [-0.39, 0.29) is 5.56 Å². The van der Waals surface area contributed by atoms with Crippen LogP contribution in [-0.4, -0.2) is 21.4 Å². The zero-order chi connectivity index (χ0) is 21.3. The lowest BCUT2D eigenvalue weighted by atomic mass is 10.00. The highest BCUT2D eigenvalue weighted by molar-refractivity contribution is 8.15. The summed E-state index contributed by atoms with van der Waals surface area (Å²) in [5.74, 6) is -0.240. The first-order chi connectivity index (χ1) is 14.4. The van der Waals surface area contributed by atoms with Crippen LogP contribution in [0.15, 0.2) is 59.7 Å². The maximum absolute atomic E-state index is 14.6. The largest absolute Gasteiger partial charge is 0.330 e. The SMILES string of the molecule is Cc1cc(N2N=C(c3cc(F)ccc3F)SC2(CCCN)c2ccccc2)n(C)n1. The van der Waals surface area contributed by atoms with Crippen LogP contribution in [0.3, 0.4) is 0 Å². The molecule has 2 N–H and O–H groups in total. The molecule has 0 aliphatic carbocycles. The third-order valence-corrected chi connectivity index (χ3v) is 6.54. The molecule has 2 aromatic carbocycles. The van der Waals surface area contributed by atoms with Gasteiger partial charge in [0.2, 0.25) is 0 Å². The van der Waals surface area contributed by atoms with E-state index >= 15 is 0 Å². The number of rotatable bonds is 6. The van der Waals surface area contributed by atoms with Gasteiger partial charge in [-0.1, -0.05) is 42.1 Å². The van der Waals surface area contributed by atoms with Crippen molar-refractivity contribution in [3.8, 4) is 0 Å². The molecule has 0 fully saturated rings. The molecule has 4 rings (SSSR count). The van der Waals surface area contributed by atoms with Crippen molar-refractivity contribution < 1.29 is 8.78 Å². The van der Waals surface area contributed by atoms with E-state index in [0.717, 1.165) is 35.6 Å². The fourth-order valence-electron chi connectivity index (χ4n) is 3.72. The van der Waals surface area contributed by atoms with Gasteiger partial charge in [-0.05, 0) is 50.1 Å². The molecule has 2 heterocycles. The van der Waals surface area contributed by atoms with Crippen molar-refractivity contribution in [1.29, 1.82) is 0 Å². The summed E-state index contributed by atoms with van der Waals surface area (Å²) in [6.45, 7) is 2.42. The fraction of sp³-hybridized carbons (Fsp3) is 0.273. The minimum Gasteiger partial charge on any atom is -0.330 e. The molecule has 0 amide bonds. The Labute approximate surface area is 178 Å². The molecule has 30 heavy (non-hydrogen) atoms. The second-order valence-corrected chi connectivity index (χ2v) is 8.52. The number of nitrogens with two attached hydrogens (primary N) is 1. The number of aromatic nitrogens is 2. The second kappa shape index (κ2) is 8.20. The lowest BCUT2D eigenvalue weighted by molar-refractivity contribution is 0.513. The number of hydrogen-bond donors (Lipinski definition) is 1. The normalized spacial score (nSPS) is 18.7. The average molecular weight is 428 g/mol. The molecule has 0 spiro atoms. The van der Waals surface area contributed by atoms with Crippen LogP contribution in [0.25, 0.3) is 0 Å². The monoisotopic (exact) mass is 427 g/mol. The van der Waals surface area contributed by atoms with Crippen LogP contribution in [0.2, 0.25) is 0 Å². The number of nitrogens with zero attached hydrogens (tertiary/aromatic N) is 4. The minimum absolute atomic E-state index is 0.148. The Hall–Kier alpha value is -2.71. The molecule has 1 aliphatic rings. The molecule has 3 aromatic rings. The maximum Gasteiger partial charge on any atom is 0.149 e. The minimum atomic E-state index is -0.658. The number of hydrogen-bond acceptors (Lipinski definition) is 5.